The molecule has 1 amide bonds. The molecule has 0 saturated carbocycles. The van der Waals surface area contributed by atoms with E-state index in [0.717, 1.165) is 0 Å². The van der Waals surface area contributed by atoms with Crippen molar-refractivity contribution in [2.75, 3.05) is 14.2 Å². The number of carbonyl (C=O) groups excluding carboxylic acids is 2. The van der Waals surface area contributed by atoms with E-state index in [1.807, 2.05) is 27.7 Å². The van der Waals surface area contributed by atoms with Gasteiger partial charge in [0, 0.05) is 0 Å². The molecule has 0 radical (unpaired) electrons. The summed E-state index contributed by atoms with van der Waals surface area (Å²) >= 11 is 0. The van der Waals surface area contributed by atoms with Crippen molar-refractivity contribution in [2.24, 2.45) is 11.8 Å². The Morgan fingerprint density at radius 2 is 1.48 bits per heavy atom. The normalized spacial score (nSPS) is 13.6. The van der Waals surface area contributed by atoms with Crippen LogP contribution in [0.25, 0.3) is 0 Å². The Labute approximate surface area is 172 Å². The van der Waals surface area contributed by atoms with Crippen molar-refractivity contribution in [3.63, 3.8) is 0 Å². The summed E-state index contributed by atoms with van der Waals surface area (Å²) in [4.78, 5) is 33.6. The van der Waals surface area contributed by atoms with Crippen LogP contribution in [0.1, 0.15) is 48.5 Å². The quantitative estimate of drug-likeness (QED) is 0.617. The van der Waals surface area contributed by atoms with Crippen molar-refractivity contribution < 1.29 is 28.5 Å². The largest absolute Gasteiger partial charge is 0.481 e. The number of nitrogens with zero attached hydrogens (tertiary/aromatic N) is 2. The van der Waals surface area contributed by atoms with Crippen molar-refractivity contribution in [3.05, 3.63) is 6.07 Å². The third-order valence-corrected chi connectivity index (χ3v) is 3.80. The molecule has 29 heavy (non-hydrogen) atoms. The van der Waals surface area contributed by atoms with Gasteiger partial charge in [0.15, 0.2) is 6.10 Å². The van der Waals surface area contributed by atoms with Crippen LogP contribution in [0.15, 0.2) is 6.07 Å². The minimum absolute atomic E-state index is 0.0617. The predicted molar refractivity (Wildman–Crippen MR) is 107 cm³/mol. The molecule has 1 heterocycles. The Bertz CT molecular complexity index is 678. The van der Waals surface area contributed by atoms with Crippen molar-refractivity contribution in [3.8, 4) is 17.8 Å². The zero-order valence-electron chi connectivity index (χ0n) is 18.7. The Hall–Kier alpha value is -2.58. The van der Waals surface area contributed by atoms with Crippen LogP contribution in [0.2, 0.25) is 0 Å². The minimum atomic E-state index is -0.935. The standard InChI is InChI=1S/C20H33N3O6/c1-11(2)15(18(25)29-20(5,6)7)23-17(24)16(12(3)4)28-19-21-13(26-8)10-14(22-19)27-9/h10-12,15-16H,1-9H3,(H,23,24). The molecule has 2 unspecified atom stereocenters. The van der Waals surface area contributed by atoms with Crippen LogP contribution in [-0.4, -0.2) is 53.8 Å². The first-order valence-electron chi connectivity index (χ1n) is 9.54. The Balaban J connectivity index is 3.03. The summed E-state index contributed by atoms with van der Waals surface area (Å²) < 4.78 is 21.4. The first-order chi connectivity index (χ1) is 13.4. The lowest BCUT2D eigenvalue weighted by molar-refractivity contribution is -0.160. The van der Waals surface area contributed by atoms with Gasteiger partial charge >= 0.3 is 12.0 Å². The van der Waals surface area contributed by atoms with E-state index in [1.54, 1.807) is 20.8 Å². The minimum Gasteiger partial charge on any atom is -0.481 e. The highest BCUT2D eigenvalue weighted by Gasteiger charge is 2.33. The third-order valence-electron chi connectivity index (χ3n) is 3.80. The van der Waals surface area contributed by atoms with Gasteiger partial charge in [-0.1, -0.05) is 27.7 Å². The molecule has 0 aliphatic carbocycles. The fourth-order valence-corrected chi connectivity index (χ4v) is 2.35. The molecular formula is C20H33N3O6. The molecule has 9 nitrogen and oxygen atoms in total. The van der Waals surface area contributed by atoms with Gasteiger partial charge in [0.1, 0.15) is 11.6 Å². The first kappa shape index (κ1) is 24.5. The van der Waals surface area contributed by atoms with Crippen LogP contribution in [0.4, 0.5) is 0 Å². The van der Waals surface area contributed by atoms with Gasteiger partial charge < -0.3 is 24.3 Å². The summed E-state index contributed by atoms with van der Waals surface area (Å²) in [5.41, 5.74) is -0.659. The molecule has 0 spiro atoms. The van der Waals surface area contributed by atoms with Crippen LogP contribution in [-0.2, 0) is 14.3 Å². The molecule has 0 aliphatic rings. The first-order valence-corrected chi connectivity index (χ1v) is 9.54. The molecule has 0 saturated heterocycles. The second-order valence-electron chi connectivity index (χ2n) is 8.28. The van der Waals surface area contributed by atoms with E-state index in [0.29, 0.717) is 0 Å². The molecule has 0 bridgehead atoms. The Kier molecular flexibility index (Phi) is 8.66. The van der Waals surface area contributed by atoms with E-state index in [2.05, 4.69) is 15.3 Å². The van der Waals surface area contributed by atoms with Gasteiger partial charge in [-0.25, -0.2) is 4.79 Å². The number of hydrogen-bond donors (Lipinski definition) is 1. The fraction of sp³-hybridized carbons (Fsp3) is 0.700. The second-order valence-corrected chi connectivity index (χ2v) is 8.28. The smallest absolute Gasteiger partial charge is 0.329 e. The van der Waals surface area contributed by atoms with E-state index < -0.39 is 29.6 Å². The zero-order chi connectivity index (χ0) is 22.4. The maximum atomic E-state index is 12.9. The average Bonchev–Trinajstić information content (AvgIpc) is 2.61. The van der Waals surface area contributed by atoms with Crippen molar-refractivity contribution in [1.82, 2.24) is 15.3 Å². The lowest BCUT2D eigenvalue weighted by Gasteiger charge is -2.28. The number of methoxy groups -OCH3 is 2. The van der Waals surface area contributed by atoms with Gasteiger partial charge in [0.2, 0.25) is 11.8 Å². The van der Waals surface area contributed by atoms with Gasteiger partial charge in [-0.15, -0.1) is 0 Å². The number of aromatic nitrogens is 2. The SMILES string of the molecule is COc1cc(OC)nc(OC(C(=O)NC(C(=O)OC(C)(C)C)C(C)C)C(C)C)n1. The molecule has 1 rings (SSSR count). The van der Waals surface area contributed by atoms with Crippen molar-refractivity contribution in [1.29, 1.82) is 0 Å². The number of nitrogens with one attached hydrogen (secondary N) is 1. The van der Waals surface area contributed by atoms with Crippen molar-refractivity contribution in [2.45, 2.75) is 66.2 Å². The highest BCUT2D eigenvalue weighted by Crippen LogP contribution is 2.21. The van der Waals surface area contributed by atoms with Crippen LogP contribution < -0.4 is 19.5 Å². The van der Waals surface area contributed by atoms with Crippen LogP contribution in [0.3, 0.4) is 0 Å². The zero-order valence-corrected chi connectivity index (χ0v) is 18.7. The maximum absolute atomic E-state index is 12.9. The van der Waals surface area contributed by atoms with E-state index >= 15 is 0 Å². The summed E-state index contributed by atoms with van der Waals surface area (Å²) in [7, 11) is 2.90. The summed E-state index contributed by atoms with van der Waals surface area (Å²) in [5, 5.41) is 2.74. The molecule has 0 fully saturated rings. The van der Waals surface area contributed by atoms with Gasteiger partial charge in [0.25, 0.3) is 5.91 Å². The van der Waals surface area contributed by atoms with Gasteiger partial charge in [0.05, 0.1) is 20.3 Å². The second kappa shape index (κ2) is 10.3. The highest BCUT2D eigenvalue weighted by molar-refractivity contribution is 5.87. The van der Waals surface area contributed by atoms with E-state index in [4.69, 9.17) is 18.9 Å². The lowest BCUT2D eigenvalue weighted by Crippen LogP contribution is -2.52. The molecular weight excluding hydrogens is 378 g/mol. The fourth-order valence-electron chi connectivity index (χ4n) is 2.35. The summed E-state index contributed by atoms with van der Waals surface area (Å²) in [6.07, 6.45) is -0.935. The van der Waals surface area contributed by atoms with Gasteiger partial charge in [-0.2, -0.15) is 9.97 Å². The number of hydrogen-bond acceptors (Lipinski definition) is 8. The van der Waals surface area contributed by atoms with Crippen molar-refractivity contribution >= 4 is 11.9 Å². The van der Waals surface area contributed by atoms with E-state index in [9.17, 15) is 9.59 Å². The summed E-state index contributed by atoms with van der Waals surface area (Å²) in [5.74, 6) is -0.873. The lowest BCUT2D eigenvalue weighted by atomic mass is 10.0. The van der Waals surface area contributed by atoms with E-state index in [-0.39, 0.29) is 29.6 Å². The molecule has 0 aliphatic heterocycles. The average molecular weight is 411 g/mol. The van der Waals surface area contributed by atoms with Crippen LogP contribution in [0, 0.1) is 11.8 Å². The number of carbonyl (C=O) groups is 2. The number of ether oxygens (including phenoxy) is 4. The summed E-state index contributed by atoms with van der Waals surface area (Å²) in [6.45, 7) is 12.6. The van der Waals surface area contributed by atoms with Crippen LogP contribution >= 0.6 is 0 Å². The molecule has 0 aromatic carbocycles. The topological polar surface area (TPSA) is 109 Å². The molecule has 9 heteroatoms. The summed E-state index contributed by atoms with van der Waals surface area (Å²) in [6, 6.07) is 0.620. The highest BCUT2D eigenvalue weighted by atomic mass is 16.6. The van der Waals surface area contributed by atoms with Gasteiger partial charge in [-0.05, 0) is 32.6 Å². The number of amides is 1. The molecule has 1 aromatic rings. The third kappa shape index (κ3) is 7.75. The Morgan fingerprint density at radius 3 is 1.86 bits per heavy atom. The predicted octanol–water partition coefficient (Wildman–Crippen LogP) is 2.38. The molecule has 1 aromatic heterocycles. The number of rotatable bonds is 9. The van der Waals surface area contributed by atoms with E-state index in [1.165, 1.54) is 20.3 Å². The Morgan fingerprint density at radius 1 is 0.966 bits per heavy atom. The molecule has 164 valence electrons. The van der Waals surface area contributed by atoms with Gasteiger partial charge in [-0.3, -0.25) is 4.79 Å². The maximum Gasteiger partial charge on any atom is 0.329 e. The number of esters is 1. The molecule has 1 N–H and O–H groups in total. The molecule has 2 atom stereocenters. The van der Waals surface area contributed by atoms with Crippen LogP contribution in [0.5, 0.6) is 17.8 Å². The monoisotopic (exact) mass is 411 g/mol.